The molecule has 2 unspecified atom stereocenters. The Morgan fingerprint density at radius 3 is 2.43 bits per heavy atom. The van der Waals surface area contributed by atoms with Gasteiger partial charge in [-0.3, -0.25) is 0 Å². The van der Waals surface area contributed by atoms with E-state index in [4.69, 9.17) is 16.7 Å². The number of aromatic carboxylic acids is 1. The number of carboxylic acids is 1. The molecule has 150 valence electrons. The summed E-state index contributed by atoms with van der Waals surface area (Å²) in [5.74, 6) is -0.772. The van der Waals surface area contributed by atoms with Crippen molar-refractivity contribution in [1.29, 1.82) is 0 Å². The molecule has 8 heteroatoms. The molecule has 1 aliphatic rings. The molecule has 0 radical (unpaired) electrons. The Labute approximate surface area is 170 Å². The number of benzene rings is 1. The second-order valence-electron chi connectivity index (χ2n) is 7.20. The minimum absolute atomic E-state index is 0.108. The van der Waals surface area contributed by atoms with Crippen LogP contribution in [0.3, 0.4) is 0 Å². The molecule has 3 rings (SSSR count). The average molecular weight is 423 g/mol. The fraction of sp³-hybridized carbons (Fsp3) is 0.400. The first-order valence-corrected chi connectivity index (χ1v) is 11.1. The first-order chi connectivity index (χ1) is 13.3. The summed E-state index contributed by atoms with van der Waals surface area (Å²) in [4.78, 5) is 15.1. The van der Waals surface area contributed by atoms with Gasteiger partial charge in [0.1, 0.15) is 10.0 Å². The molecule has 1 aliphatic carbocycles. The topological polar surface area (TPSA) is 87.6 Å². The highest BCUT2D eigenvalue weighted by atomic mass is 35.5. The standard InChI is InChI=1S/C20H23ClN2O4S/c1-14-4-2-3-5-18(14)23(13-15-6-8-16(9-7-15)20(24)25)28(26,27)17-10-11-19(21)22-12-17/h6-12,14,18H,2-5,13H2,1H3,(H,24,25). The number of hydrogen-bond donors (Lipinski definition) is 1. The van der Waals surface area contributed by atoms with E-state index in [-0.39, 0.29) is 34.1 Å². The van der Waals surface area contributed by atoms with Crippen LogP contribution in [-0.2, 0) is 16.6 Å². The number of nitrogens with zero attached hydrogens (tertiary/aromatic N) is 2. The van der Waals surface area contributed by atoms with Gasteiger partial charge in [-0.15, -0.1) is 0 Å². The highest BCUT2D eigenvalue weighted by Crippen LogP contribution is 2.33. The Morgan fingerprint density at radius 2 is 1.86 bits per heavy atom. The van der Waals surface area contributed by atoms with Gasteiger partial charge in [0.15, 0.2) is 0 Å². The predicted molar refractivity (Wildman–Crippen MR) is 107 cm³/mol. The molecule has 1 aromatic heterocycles. The Balaban J connectivity index is 1.97. The first-order valence-electron chi connectivity index (χ1n) is 9.24. The van der Waals surface area contributed by atoms with Crippen LogP contribution in [0.2, 0.25) is 5.15 Å². The largest absolute Gasteiger partial charge is 0.478 e. The summed E-state index contributed by atoms with van der Waals surface area (Å²) < 4.78 is 28.4. The smallest absolute Gasteiger partial charge is 0.335 e. The highest BCUT2D eigenvalue weighted by molar-refractivity contribution is 7.89. The third-order valence-electron chi connectivity index (χ3n) is 5.28. The van der Waals surface area contributed by atoms with Gasteiger partial charge in [0.05, 0.1) is 5.56 Å². The molecule has 2 aromatic rings. The second-order valence-corrected chi connectivity index (χ2v) is 9.48. The number of aromatic nitrogens is 1. The van der Waals surface area contributed by atoms with Crippen LogP contribution < -0.4 is 0 Å². The van der Waals surface area contributed by atoms with Gasteiger partial charge in [0, 0.05) is 18.8 Å². The van der Waals surface area contributed by atoms with Gasteiger partial charge >= 0.3 is 5.97 Å². The normalized spacial score (nSPS) is 20.2. The summed E-state index contributed by atoms with van der Waals surface area (Å²) in [5.41, 5.74) is 0.916. The van der Waals surface area contributed by atoms with E-state index in [0.29, 0.717) is 0 Å². The molecule has 0 spiro atoms. The summed E-state index contributed by atoms with van der Waals surface area (Å²) in [7, 11) is -3.78. The molecule has 28 heavy (non-hydrogen) atoms. The van der Waals surface area contributed by atoms with Gasteiger partial charge < -0.3 is 5.11 Å². The summed E-state index contributed by atoms with van der Waals surface area (Å²) in [6, 6.07) is 9.15. The van der Waals surface area contributed by atoms with Crippen molar-refractivity contribution in [2.75, 3.05) is 0 Å². The van der Waals surface area contributed by atoms with E-state index >= 15 is 0 Å². The van der Waals surface area contributed by atoms with Crippen molar-refractivity contribution >= 4 is 27.6 Å². The molecule has 1 N–H and O–H groups in total. The van der Waals surface area contributed by atoms with Gasteiger partial charge in [-0.1, -0.05) is 43.5 Å². The fourth-order valence-electron chi connectivity index (χ4n) is 3.69. The van der Waals surface area contributed by atoms with Gasteiger partial charge in [-0.25, -0.2) is 18.2 Å². The van der Waals surface area contributed by atoms with Gasteiger partial charge in [-0.05, 0) is 48.6 Å². The highest BCUT2D eigenvalue weighted by Gasteiger charge is 2.36. The Bertz CT molecular complexity index is 930. The maximum absolute atomic E-state index is 13.4. The van der Waals surface area contributed by atoms with Crippen LogP contribution >= 0.6 is 11.6 Å². The Hall–Kier alpha value is -1.96. The van der Waals surface area contributed by atoms with Crippen molar-refractivity contribution in [1.82, 2.24) is 9.29 Å². The van der Waals surface area contributed by atoms with E-state index in [1.807, 2.05) is 0 Å². The van der Waals surface area contributed by atoms with Crippen LogP contribution in [0.1, 0.15) is 48.5 Å². The van der Waals surface area contributed by atoms with E-state index in [1.54, 1.807) is 12.1 Å². The quantitative estimate of drug-likeness (QED) is 0.704. The number of rotatable bonds is 6. The molecule has 2 atom stereocenters. The number of sulfonamides is 1. The maximum atomic E-state index is 13.4. The van der Waals surface area contributed by atoms with Crippen LogP contribution in [0.15, 0.2) is 47.5 Å². The lowest BCUT2D eigenvalue weighted by Gasteiger charge is -2.37. The fourth-order valence-corrected chi connectivity index (χ4v) is 5.49. The molecule has 0 aliphatic heterocycles. The van der Waals surface area contributed by atoms with Crippen molar-refractivity contribution in [2.45, 2.75) is 50.1 Å². The van der Waals surface area contributed by atoms with Crippen molar-refractivity contribution < 1.29 is 18.3 Å². The SMILES string of the molecule is CC1CCCCC1N(Cc1ccc(C(=O)O)cc1)S(=O)(=O)c1ccc(Cl)nc1. The van der Waals surface area contributed by atoms with Crippen LogP contribution in [0.25, 0.3) is 0 Å². The predicted octanol–water partition coefficient (Wildman–Crippen LogP) is 4.20. The number of hydrogen-bond acceptors (Lipinski definition) is 4. The molecule has 1 fully saturated rings. The molecule has 0 amide bonds. The lowest BCUT2D eigenvalue weighted by atomic mass is 9.86. The van der Waals surface area contributed by atoms with Crippen LogP contribution in [0.5, 0.6) is 0 Å². The molecule has 1 heterocycles. The lowest BCUT2D eigenvalue weighted by Crippen LogP contribution is -2.44. The van der Waals surface area contributed by atoms with E-state index in [1.165, 1.54) is 34.8 Å². The zero-order valence-corrected chi connectivity index (χ0v) is 17.2. The molecule has 1 saturated carbocycles. The Kier molecular flexibility index (Phi) is 6.37. The third kappa shape index (κ3) is 4.54. The van der Waals surface area contributed by atoms with Crippen molar-refractivity contribution in [2.24, 2.45) is 5.92 Å². The van der Waals surface area contributed by atoms with Crippen LogP contribution in [-0.4, -0.2) is 34.8 Å². The van der Waals surface area contributed by atoms with Gasteiger partial charge in [0.2, 0.25) is 10.0 Å². The van der Waals surface area contributed by atoms with Gasteiger partial charge in [0.25, 0.3) is 0 Å². The number of carbonyl (C=O) groups is 1. The zero-order valence-electron chi connectivity index (χ0n) is 15.6. The molecule has 1 aromatic carbocycles. The summed E-state index contributed by atoms with van der Waals surface area (Å²) >= 11 is 5.82. The van der Waals surface area contributed by atoms with Crippen molar-refractivity contribution in [3.8, 4) is 0 Å². The minimum atomic E-state index is -3.78. The van der Waals surface area contributed by atoms with E-state index in [2.05, 4.69) is 11.9 Å². The summed E-state index contributed by atoms with van der Waals surface area (Å²) in [6.45, 7) is 2.26. The van der Waals surface area contributed by atoms with E-state index in [0.717, 1.165) is 31.2 Å². The molecule has 0 bridgehead atoms. The summed E-state index contributed by atoms with van der Waals surface area (Å²) in [5, 5.41) is 9.31. The van der Waals surface area contributed by atoms with E-state index in [9.17, 15) is 13.2 Å². The lowest BCUT2D eigenvalue weighted by molar-refractivity contribution is 0.0697. The van der Waals surface area contributed by atoms with E-state index < -0.39 is 16.0 Å². The molecular formula is C20H23ClN2O4S. The molecule has 6 nitrogen and oxygen atoms in total. The zero-order chi connectivity index (χ0) is 20.3. The Morgan fingerprint density at radius 1 is 1.18 bits per heavy atom. The number of halogens is 1. The monoisotopic (exact) mass is 422 g/mol. The van der Waals surface area contributed by atoms with Crippen molar-refractivity contribution in [3.63, 3.8) is 0 Å². The third-order valence-corrected chi connectivity index (χ3v) is 7.36. The summed E-state index contributed by atoms with van der Waals surface area (Å²) in [6.07, 6.45) is 5.15. The number of pyridine rings is 1. The first kappa shape index (κ1) is 20.8. The minimum Gasteiger partial charge on any atom is -0.478 e. The van der Waals surface area contributed by atoms with Crippen LogP contribution in [0.4, 0.5) is 0 Å². The molecule has 0 saturated heterocycles. The maximum Gasteiger partial charge on any atom is 0.335 e. The van der Waals surface area contributed by atoms with Crippen LogP contribution in [0, 0.1) is 5.92 Å². The van der Waals surface area contributed by atoms with Gasteiger partial charge in [-0.2, -0.15) is 4.31 Å². The van der Waals surface area contributed by atoms with Crippen molar-refractivity contribution in [3.05, 3.63) is 58.9 Å². The average Bonchev–Trinajstić information content (AvgIpc) is 2.67. The molecular weight excluding hydrogens is 400 g/mol. The number of carboxylic acid groups (broad SMARTS) is 1. The second kappa shape index (κ2) is 8.59.